The monoisotopic (exact) mass is 274 g/mol. The number of benzene rings is 2. The molecule has 0 aliphatic carbocycles. The van der Waals surface area contributed by atoms with Gasteiger partial charge in [0.25, 0.3) is 0 Å². The van der Waals surface area contributed by atoms with Crippen LogP contribution in [0.4, 0.5) is 8.78 Å². The first-order chi connectivity index (χ1) is 9.67. The summed E-state index contributed by atoms with van der Waals surface area (Å²) in [6.07, 6.45) is 0. The molecule has 0 unspecified atom stereocenters. The van der Waals surface area contributed by atoms with E-state index in [0.717, 1.165) is 23.3 Å². The molecule has 3 rings (SSSR count). The smallest absolute Gasteiger partial charge is 0.161 e. The molecule has 3 aromatic rings. The zero-order chi connectivity index (χ0) is 14.1. The molecule has 1 aromatic heterocycles. The number of aromatic nitrogens is 3. The Morgan fingerprint density at radius 1 is 1.00 bits per heavy atom. The highest BCUT2D eigenvalue weighted by Gasteiger charge is 2.10. The standard InChI is InChI=1S/C14H12F2N4/c15-11-5-13-14(6-12(11)16)20(19-18-13)8-10-3-1-9(7-17)2-4-10/h1-6H,7-8,17H2. The second-order valence-corrected chi connectivity index (χ2v) is 4.52. The van der Waals surface area contributed by atoms with Crippen LogP contribution in [0.25, 0.3) is 11.0 Å². The maximum absolute atomic E-state index is 13.3. The number of nitrogens with zero attached hydrogens (tertiary/aromatic N) is 3. The van der Waals surface area contributed by atoms with Gasteiger partial charge in [0.15, 0.2) is 11.6 Å². The van der Waals surface area contributed by atoms with E-state index in [1.165, 1.54) is 4.68 Å². The van der Waals surface area contributed by atoms with Crippen LogP contribution in [0.15, 0.2) is 36.4 Å². The number of hydrogen-bond acceptors (Lipinski definition) is 3. The van der Waals surface area contributed by atoms with Crippen molar-refractivity contribution in [2.45, 2.75) is 13.1 Å². The highest BCUT2D eigenvalue weighted by Crippen LogP contribution is 2.17. The summed E-state index contributed by atoms with van der Waals surface area (Å²) in [6.45, 7) is 0.920. The van der Waals surface area contributed by atoms with Crippen LogP contribution < -0.4 is 5.73 Å². The first-order valence-electron chi connectivity index (χ1n) is 6.13. The van der Waals surface area contributed by atoms with E-state index < -0.39 is 11.6 Å². The molecule has 0 atom stereocenters. The van der Waals surface area contributed by atoms with Gasteiger partial charge in [-0.3, -0.25) is 0 Å². The SMILES string of the molecule is NCc1ccc(Cn2nnc3cc(F)c(F)cc32)cc1. The van der Waals surface area contributed by atoms with Crippen molar-refractivity contribution in [3.63, 3.8) is 0 Å². The van der Waals surface area contributed by atoms with Crippen LogP contribution in [0.5, 0.6) is 0 Å². The molecule has 0 bridgehead atoms. The quantitative estimate of drug-likeness (QED) is 0.796. The predicted molar refractivity (Wildman–Crippen MR) is 70.9 cm³/mol. The maximum atomic E-state index is 13.3. The topological polar surface area (TPSA) is 56.7 Å². The van der Waals surface area contributed by atoms with E-state index in [1.54, 1.807) is 0 Å². The first-order valence-corrected chi connectivity index (χ1v) is 6.13. The second-order valence-electron chi connectivity index (χ2n) is 4.52. The Labute approximate surface area is 113 Å². The van der Waals surface area contributed by atoms with Gasteiger partial charge in [-0.2, -0.15) is 0 Å². The fraction of sp³-hybridized carbons (Fsp3) is 0.143. The van der Waals surface area contributed by atoms with Gasteiger partial charge < -0.3 is 5.73 Å². The lowest BCUT2D eigenvalue weighted by atomic mass is 10.1. The van der Waals surface area contributed by atoms with Crippen molar-refractivity contribution in [1.82, 2.24) is 15.0 Å². The van der Waals surface area contributed by atoms with E-state index in [2.05, 4.69) is 10.3 Å². The Morgan fingerprint density at radius 3 is 2.35 bits per heavy atom. The Bertz CT molecular complexity index is 750. The van der Waals surface area contributed by atoms with Crippen LogP contribution in [-0.4, -0.2) is 15.0 Å². The maximum Gasteiger partial charge on any atom is 0.161 e. The minimum atomic E-state index is -0.920. The van der Waals surface area contributed by atoms with E-state index in [1.807, 2.05) is 24.3 Å². The van der Waals surface area contributed by atoms with Crippen LogP contribution in [0.1, 0.15) is 11.1 Å². The summed E-state index contributed by atoms with van der Waals surface area (Å²) < 4.78 is 27.9. The lowest BCUT2D eigenvalue weighted by Gasteiger charge is -2.04. The molecule has 0 amide bonds. The van der Waals surface area contributed by atoms with Crippen molar-refractivity contribution in [3.05, 3.63) is 59.2 Å². The van der Waals surface area contributed by atoms with Gasteiger partial charge in [-0.15, -0.1) is 5.10 Å². The van der Waals surface area contributed by atoms with Gasteiger partial charge in [0.2, 0.25) is 0 Å². The number of nitrogens with two attached hydrogens (primary N) is 1. The Morgan fingerprint density at radius 2 is 1.65 bits per heavy atom. The minimum Gasteiger partial charge on any atom is -0.326 e. The van der Waals surface area contributed by atoms with Crippen LogP contribution in [0, 0.1) is 11.6 Å². The number of halogens is 2. The van der Waals surface area contributed by atoms with Gasteiger partial charge >= 0.3 is 0 Å². The highest BCUT2D eigenvalue weighted by molar-refractivity contribution is 5.74. The molecule has 102 valence electrons. The molecule has 20 heavy (non-hydrogen) atoms. The summed E-state index contributed by atoms with van der Waals surface area (Å²) in [5.74, 6) is -1.82. The van der Waals surface area contributed by atoms with Crippen LogP contribution in [-0.2, 0) is 13.1 Å². The average Bonchev–Trinajstić information content (AvgIpc) is 2.83. The Balaban J connectivity index is 1.95. The molecular formula is C14H12F2N4. The lowest BCUT2D eigenvalue weighted by molar-refractivity contribution is 0.510. The zero-order valence-electron chi connectivity index (χ0n) is 10.6. The molecule has 0 saturated heterocycles. The molecular weight excluding hydrogens is 262 g/mol. The summed E-state index contributed by atoms with van der Waals surface area (Å²) in [7, 11) is 0. The van der Waals surface area contributed by atoms with Gasteiger partial charge in [0.05, 0.1) is 12.1 Å². The van der Waals surface area contributed by atoms with Gasteiger partial charge in [0, 0.05) is 18.7 Å². The van der Waals surface area contributed by atoms with E-state index in [4.69, 9.17) is 5.73 Å². The molecule has 0 radical (unpaired) electrons. The number of hydrogen-bond donors (Lipinski definition) is 1. The van der Waals surface area contributed by atoms with Gasteiger partial charge in [-0.25, -0.2) is 13.5 Å². The van der Waals surface area contributed by atoms with Gasteiger partial charge in [-0.1, -0.05) is 29.5 Å². The van der Waals surface area contributed by atoms with Crippen molar-refractivity contribution in [2.75, 3.05) is 0 Å². The fourth-order valence-electron chi connectivity index (χ4n) is 2.03. The van der Waals surface area contributed by atoms with Gasteiger partial charge in [0.1, 0.15) is 5.52 Å². The Kier molecular flexibility index (Phi) is 3.15. The van der Waals surface area contributed by atoms with Crippen LogP contribution in [0.2, 0.25) is 0 Å². The highest BCUT2D eigenvalue weighted by atomic mass is 19.2. The zero-order valence-corrected chi connectivity index (χ0v) is 10.6. The van der Waals surface area contributed by atoms with Crippen molar-refractivity contribution in [3.8, 4) is 0 Å². The van der Waals surface area contributed by atoms with Crippen LogP contribution >= 0.6 is 0 Å². The molecule has 2 N–H and O–H groups in total. The number of fused-ring (bicyclic) bond motifs is 1. The third-order valence-corrected chi connectivity index (χ3v) is 3.15. The third kappa shape index (κ3) is 2.25. The van der Waals surface area contributed by atoms with Crippen molar-refractivity contribution >= 4 is 11.0 Å². The summed E-state index contributed by atoms with van der Waals surface area (Å²) in [4.78, 5) is 0. The predicted octanol–water partition coefficient (Wildman–Crippen LogP) is 2.22. The molecule has 0 saturated carbocycles. The molecule has 6 heteroatoms. The minimum absolute atomic E-state index is 0.336. The van der Waals surface area contributed by atoms with Crippen LogP contribution in [0.3, 0.4) is 0 Å². The summed E-state index contributed by atoms with van der Waals surface area (Å²) >= 11 is 0. The van der Waals surface area contributed by atoms with E-state index in [0.29, 0.717) is 24.1 Å². The first kappa shape index (κ1) is 12.7. The van der Waals surface area contributed by atoms with Gasteiger partial charge in [-0.05, 0) is 11.1 Å². The van der Waals surface area contributed by atoms with Crippen molar-refractivity contribution in [1.29, 1.82) is 0 Å². The van der Waals surface area contributed by atoms with Crippen molar-refractivity contribution < 1.29 is 8.78 Å². The molecule has 2 aromatic carbocycles. The van der Waals surface area contributed by atoms with E-state index >= 15 is 0 Å². The molecule has 0 spiro atoms. The average molecular weight is 274 g/mol. The molecule has 0 aliphatic heterocycles. The third-order valence-electron chi connectivity index (χ3n) is 3.15. The molecule has 0 fully saturated rings. The normalized spacial score (nSPS) is 11.2. The fourth-order valence-corrected chi connectivity index (χ4v) is 2.03. The summed E-state index contributed by atoms with van der Waals surface area (Å²) in [6, 6.07) is 9.86. The summed E-state index contributed by atoms with van der Waals surface area (Å²) in [5, 5.41) is 7.76. The largest absolute Gasteiger partial charge is 0.326 e. The Hall–Kier alpha value is -2.34. The van der Waals surface area contributed by atoms with E-state index in [9.17, 15) is 8.78 Å². The number of rotatable bonds is 3. The second kappa shape index (κ2) is 4.97. The molecule has 4 nitrogen and oxygen atoms in total. The summed E-state index contributed by atoms with van der Waals surface area (Å²) in [5.41, 5.74) is 8.35. The lowest BCUT2D eigenvalue weighted by Crippen LogP contribution is -2.03. The van der Waals surface area contributed by atoms with Crippen molar-refractivity contribution in [2.24, 2.45) is 5.73 Å². The molecule has 1 heterocycles. The van der Waals surface area contributed by atoms with E-state index in [-0.39, 0.29) is 0 Å². The molecule has 0 aliphatic rings.